The molecule has 4 heterocycles. The third kappa shape index (κ3) is 3.93. The van der Waals surface area contributed by atoms with Gasteiger partial charge in [0, 0.05) is 42.8 Å². The predicted molar refractivity (Wildman–Crippen MR) is 109 cm³/mol. The summed E-state index contributed by atoms with van der Waals surface area (Å²) in [5.41, 5.74) is 6.09. The van der Waals surface area contributed by atoms with Crippen molar-refractivity contribution in [3.8, 4) is 11.5 Å². The molecule has 3 N–H and O–H groups in total. The molecule has 1 amide bonds. The van der Waals surface area contributed by atoms with Crippen molar-refractivity contribution in [1.82, 2.24) is 13.9 Å². The van der Waals surface area contributed by atoms with E-state index in [0.717, 1.165) is 12.8 Å². The number of carbonyl (C=O) groups is 1. The van der Waals surface area contributed by atoms with Gasteiger partial charge in [0.2, 0.25) is 0 Å². The minimum atomic E-state index is -3.74. The van der Waals surface area contributed by atoms with Crippen molar-refractivity contribution in [2.75, 3.05) is 13.1 Å². The van der Waals surface area contributed by atoms with E-state index in [9.17, 15) is 22.0 Å². The number of piperidine rings is 2. The summed E-state index contributed by atoms with van der Waals surface area (Å²) in [5.74, 6) is -0.732. The van der Waals surface area contributed by atoms with Crippen LogP contribution < -0.4 is 20.5 Å². The van der Waals surface area contributed by atoms with Gasteiger partial charge in [0.25, 0.3) is 16.1 Å². The first-order chi connectivity index (χ1) is 15.1. The number of carbonyl (C=O) groups excluding carboxylic acids is 1. The Morgan fingerprint density at radius 2 is 1.69 bits per heavy atom. The van der Waals surface area contributed by atoms with E-state index in [1.807, 2.05) is 0 Å². The smallest absolute Gasteiger partial charge is 0.395 e. The predicted octanol–water partition coefficient (Wildman–Crippen LogP) is 1.40. The minimum Gasteiger partial charge on any atom is -0.395 e. The maximum atomic E-state index is 13.3. The quantitative estimate of drug-likeness (QED) is 0.685. The molecule has 12 heteroatoms. The van der Waals surface area contributed by atoms with Crippen LogP contribution in [0.2, 0.25) is 0 Å². The van der Waals surface area contributed by atoms with Crippen LogP contribution in [0.5, 0.6) is 11.5 Å². The lowest BCUT2D eigenvalue weighted by molar-refractivity contribution is -0.286. The van der Waals surface area contributed by atoms with Gasteiger partial charge in [-0.05, 0) is 56.7 Å². The van der Waals surface area contributed by atoms with Gasteiger partial charge >= 0.3 is 6.29 Å². The van der Waals surface area contributed by atoms with Crippen LogP contribution in [-0.2, 0) is 10.2 Å². The normalized spacial score (nSPS) is 30.4. The molecule has 0 spiro atoms. The van der Waals surface area contributed by atoms with E-state index in [1.54, 1.807) is 4.31 Å². The first kappa shape index (κ1) is 21.8. The molecule has 9 nitrogen and oxygen atoms in total. The zero-order valence-electron chi connectivity index (χ0n) is 17.4. The Hall–Kier alpha value is -2.02. The number of fused-ring (bicyclic) bond motifs is 3. The Balaban J connectivity index is 1.24. The maximum absolute atomic E-state index is 13.3. The van der Waals surface area contributed by atoms with Crippen LogP contribution in [0.4, 0.5) is 8.78 Å². The molecule has 0 radical (unpaired) electrons. The molecule has 0 aliphatic carbocycles. The number of halogens is 2. The highest BCUT2D eigenvalue weighted by atomic mass is 32.2. The van der Waals surface area contributed by atoms with Gasteiger partial charge in [0.1, 0.15) is 0 Å². The number of rotatable bonds is 4. The highest BCUT2D eigenvalue weighted by Gasteiger charge is 2.49. The van der Waals surface area contributed by atoms with E-state index < -0.39 is 22.4 Å². The largest absolute Gasteiger partial charge is 0.586 e. The Morgan fingerprint density at radius 3 is 2.34 bits per heavy atom. The Morgan fingerprint density at radius 1 is 1.06 bits per heavy atom. The van der Waals surface area contributed by atoms with Crippen LogP contribution in [0.3, 0.4) is 0 Å². The maximum Gasteiger partial charge on any atom is 0.586 e. The average Bonchev–Trinajstić information content (AvgIpc) is 3.19. The number of nitrogens with zero attached hydrogens (tertiary/aromatic N) is 2. The first-order valence-electron chi connectivity index (χ1n) is 10.9. The van der Waals surface area contributed by atoms with E-state index in [-0.39, 0.29) is 41.2 Å². The molecule has 0 saturated carbocycles. The number of hydrogen-bond acceptors (Lipinski definition) is 6. The van der Waals surface area contributed by atoms with E-state index >= 15 is 0 Å². The Kier molecular flexibility index (Phi) is 5.31. The Bertz CT molecular complexity index is 1000. The van der Waals surface area contributed by atoms with Crippen molar-refractivity contribution >= 4 is 16.1 Å². The lowest BCUT2D eigenvalue weighted by atomic mass is 9.99. The number of ether oxygens (including phenoxy) is 2. The van der Waals surface area contributed by atoms with Crippen LogP contribution in [0, 0.1) is 0 Å². The minimum absolute atomic E-state index is 0.0431. The number of amides is 1. The fourth-order valence-corrected chi connectivity index (χ4v) is 7.30. The van der Waals surface area contributed by atoms with E-state index in [0.29, 0.717) is 38.8 Å². The van der Waals surface area contributed by atoms with Gasteiger partial charge in [-0.1, -0.05) is 0 Å². The van der Waals surface area contributed by atoms with Gasteiger partial charge in [-0.3, -0.25) is 4.79 Å². The van der Waals surface area contributed by atoms with Crippen LogP contribution in [0.15, 0.2) is 18.2 Å². The van der Waals surface area contributed by atoms with Crippen LogP contribution >= 0.6 is 0 Å². The van der Waals surface area contributed by atoms with Crippen molar-refractivity contribution in [2.24, 2.45) is 5.73 Å². The highest BCUT2D eigenvalue weighted by Crippen LogP contribution is 2.42. The SMILES string of the molecule is NC1CCN(S(=O)(=O)N2C3CCC2CC(NC(=O)c2ccc4c(c2)OC(F)(F)O4)C3)CC1. The van der Waals surface area contributed by atoms with Crippen molar-refractivity contribution in [1.29, 1.82) is 0 Å². The van der Waals surface area contributed by atoms with E-state index in [1.165, 1.54) is 22.5 Å². The van der Waals surface area contributed by atoms with Crippen molar-refractivity contribution < 1.29 is 31.5 Å². The Labute approximate surface area is 185 Å². The molecular weight excluding hydrogens is 446 g/mol. The molecule has 4 aliphatic rings. The van der Waals surface area contributed by atoms with Gasteiger partial charge in [-0.15, -0.1) is 8.78 Å². The molecule has 2 bridgehead atoms. The monoisotopic (exact) mass is 472 g/mol. The molecule has 0 aromatic heterocycles. The second kappa shape index (κ2) is 7.79. The second-order valence-electron chi connectivity index (χ2n) is 8.93. The average molecular weight is 473 g/mol. The fourth-order valence-electron chi connectivity index (χ4n) is 5.23. The van der Waals surface area contributed by atoms with Crippen molar-refractivity contribution in [3.63, 3.8) is 0 Å². The molecule has 2 unspecified atom stereocenters. The molecule has 2 atom stereocenters. The molecule has 3 fully saturated rings. The van der Waals surface area contributed by atoms with Crippen LogP contribution in [-0.4, -0.2) is 66.5 Å². The topological polar surface area (TPSA) is 114 Å². The van der Waals surface area contributed by atoms with Crippen molar-refractivity contribution in [3.05, 3.63) is 23.8 Å². The molecule has 5 rings (SSSR count). The molecule has 1 aromatic carbocycles. The summed E-state index contributed by atoms with van der Waals surface area (Å²) in [5, 5.41) is 2.93. The fraction of sp³-hybridized carbons (Fsp3) is 0.650. The number of nitrogens with two attached hydrogens (primary N) is 1. The summed E-state index contributed by atoms with van der Waals surface area (Å²) < 4.78 is 64.9. The van der Waals surface area contributed by atoms with Crippen molar-refractivity contribution in [2.45, 2.75) is 69.0 Å². The number of benzene rings is 1. The summed E-state index contributed by atoms with van der Waals surface area (Å²) in [6, 6.07) is 3.39. The molecule has 176 valence electrons. The summed E-state index contributed by atoms with van der Waals surface area (Å²) in [6.07, 6.45) is 0.0970. The molecular formula is C20H26F2N4O5S. The lowest BCUT2D eigenvalue weighted by Crippen LogP contribution is -2.57. The third-order valence-corrected chi connectivity index (χ3v) is 8.90. The summed E-state index contributed by atoms with van der Waals surface area (Å²) in [4.78, 5) is 12.7. The first-order valence-corrected chi connectivity index (χ1v) is 12.3. The van der Waals surface area contributed by atoms with Crippen LogP contribution in [0.1, 0.15) is 48.9 Å². The summed E-state index contributed by atoms with van der Waals surface area (Å²) in [6.45, 7) is 0.867. The van der Waals surface area contributed by atoms with Gasteiger partial charge in [-0.25, -0.2) is 0 Å². The van der Waals surface area contributed by atoms with Crippen LogP contribution in [0.25, 0.3) is 0 Å². The standard InChI is InChI=1S/C20H26F2N4O5S/c21-20(22)30-17-4-1-12(9-18(17)31-20)19(27)24-14-10-15-2-3-16(11-14)26(15)32(28,29)25-7-5-13(23)6-8-25/h1,4,9,13-16H,2-3,5-8,10-11,23H2,(H,24,27). The van der Waals surface area contributed by atoms with Gasteiger partial charge in [0.05, 0.1) is 0 Å². The third-order valence-electron chi connectivity index (χ3n) is 6.76. The highest BCUT2D eigenvalue weighted by molar-refractivity contribution is 7.86. The van der Waals surface area contributed by atoms with E-state index in [2.05, 4.69) is 14.8 Å². The molecule has 32 heavy (non-hydrogen) atoms. The van der Waals surface area contributed by atoms with Gasteiger partial charge < -0.3 is 20.5 Å². The lowest BCUT2D eigenvalue weighted by Gasteiger charge is -2.41. The second-order valence-corrected chi connectivity index (χ2v) is 10.8. The molecule has 4 aliphatic heterocycles. The summed E-state index contributed by atoms with van der Waals surface area (Å²) >= 11 is 0. The number of alkyl halides is 2. The summed E-state index contributed by atoms with van der Waals surface area (Å²) in [7, 11) is -3.57. The zero-order valence-corrected chi connectivity index (χ0v) is 18.2. The number of nitrogens with one attached hydrogen (secondary N) is 1. The zero-order chi connectivity index (χ0) is 22.7. The number of hydrogen-bond donors (Lipinski definition) is 2. The van der Waals surface area contributed by atoms with Gasteiger partial charge in [0.15, 0.2) is 11.5 Å². The molecule has 1 aromatic rings. The molecule has 3 saturated heterocycles. The van der Waals surface area contributed by atoms with E-state index in [4.69, 9.17) is 5.73 Å². The van der Waals surface area contributed by atoms with Gasteiger partial charge in [-0.2, -0.15) is 17.0 Å².